The monoisotopic (exact) mass is 236 g/mol. The van der Waals surface area contributed by atoms with Gasteiger partial charge in [-0.25, -0.2) is 9.67 Å². The Hall–Kier alpha value is -1.16. The second kappa shape index (κ2) is 7.22. The van der Waals surface area contributed by atoms with Crippen LogP contribution in [0.4, 0.5) is 0 Å². The highest BCUT2D eigenvalue weighted by atomic mass is 15.3. The van der Waals surface area contributed by atoms with Crippen molar-refractivity contribution >= 4 is 6.08 Å². The number of nitrogens with one attached hydrogen (secondary N) is 1. The lowest BCUT2D eigenvalue weighted by molar-refractivity contribution is 0.526. The van der Waals surface area contributed by atoms with Gasteiger partial charge in [0.05, 0.1) is 0 Å². The summed E-state index contributed by atoms with van der Waals surface area (Å²) >= 11 is 0. The summed E-state index contributed by atoms with van der Waals surface area (Å²) in [7, 11) is 0. The van der Waals surface area contributed by atoms with E-state index in [2.05, 4.69) is 49.2 Å². The van der Waals surface area contributed by atoms with Crippen LogP contribution in [0.2, 0.25) is 0 Å². The Kier molecular flexibility index (Phi) is 5.91. The maximum Gasteiger partial charge on any atom is 0.150 e. The van der Waals surface area contributed by atoms with Crippen molar-refractivity contribution in [3.8, 4) is 0 Å². The fraction of sp³-hybridized carbons (Fsp3) is 0.692. The maximum atomic E-state index is 4.23. The van der Waals surface area contributed by atoms with Crippen LogP contribution < -0.4 is 5.32 Å². The smallest absolute Gasteiger partial charge is 0.150 e. The predicted octanol–water partition coefficient (Wildman–Crippen LogP) is 2.51. The molecule has 0 atom stereocenters. The van der Waals surface area contributed by atoms with Crippen LogP contribution >= 0.6 is 0 Å². The van der Waals surface area contributed by atoms with Gasteiger partial charge >= 0.3 is 0 Å². The zero-order valence-corrected chi connectivity index (χ0v) is 11.3. The number of hydrogen-bond acceptors (Lipinski definition) is 3. The van der Waals surface area contributed by atoms with Crippen LogP contribution in [0.15, 0.2) is 12.4 Å². The van der Waals surface area contributed by atoms with Crippen molar-refractivity contribution in [3.05, 3.63) is 18.2 Å². The average molecular weight is 236 g/mol. The Balaban J connectivity index is 2.31. The summed E-state index contributed by atoms with van der Waals surface area (Å²) in [4.78, 5) is 4.23. The molecule has 1 N–H and O–H groups in total. The molecule has 1 heterocycles. The highest BCUT2D eigenvalue weighted by Gasteiger charge is 2.03. The van der Waals surface area contributed by atoms with E-state index in [0.29, 0.717) is 12.0 Å². The fourth-order valence-electron chi connectivity index (χ4n) is 1.54. The molecule has 0 aliphatic rings. The Bertz CT molecular complexity index is 339. The number of rotatable bonds is 7. The molecule has 0 saturated carbocycles. The lowest BCUT2D eigenvalue weighted by atomic mass is 10.2. The van der Waals surface area contributed by atoms with Crippen LogP contribution in [-0.2, 0) is 0 Å². The van der Waals surface area contributed by atoms with Crippen molar-refractivity contribution in [1.29, 1.82) is 0 Å². The molecule has 4 nitrogen and oxygen atoms in total. The molecule has 96 valence electrons. The molecule has 0 amide bonds. The summed E-state index contributed by atoms with van der Waals surface area (Å²) in [5.41, 5.74) is 0. The first-order chi connectivity index (χ1) is 8.11. The normalized spacial score (nSPS) is 12.1. The number of hydrogen-bond donors (Lipinski definition) is 1. The standard InChI is InChI=1S/C13H24N4/c1-11(2)9-14-8-6-5-7-13-15-10-16-17(13)12(3)4/h5,7,10-12,14H,6,8-9H2,1-4H3/b7-5+. The van der Waals surface area contributed by atoms with Crippen molar-refractivity contribution in [2.75, 3.05) is 13.1 Å². The fourth-order valence-corrected chi connectivity index (χ4v) is 1.54. The van der Waals surface area contributed by atoms with Crippen LogP contribution in [0.5, 0.6) is 0 Å². The van der Waals surface area contributed by atoms with E-state index in [1.54, 1.807) is 6.33 Å². The Morgan fingerprint density at radius 3 is 2.76 bits per heavy atom. The minimum absolute atomic E-state index is 0.358. The van der Waals surface area contributed by atoms with Gasteiger partial charge in [0, 0.05) is 6.04 Å². The van der Waals surface area contributed by atoms with Crippen molar-refractivity contribution in [3.63, 3.8) is 0 Å². The maximum absolute atomic E-state index is 4.23. The molecule has 4 heteroatoms. The summed E-state index contributed by atoms with van der Waals surface area (Å²) in [6.45, 7) is 10.7. The molecule has 1 aromatic heterocycles. The second-order valence-corrected chi connectivity index (χ2v) is 4.95. The average Bonchev–Trinajstić information content (AvgIpc) is 2.71. The van der Waals surface area contributed by atoms with E-state index in [1.807, 2.05) is 10.8 Å². The predicted molar refractivity (Wildman–Crippen MR) is 71.8 cm³/mol. The second-order valence-electron chi connectivity index (χ2n) is 4.95. The van der Waals surface area contributed by atoms with Gasteiger partial charge in [-0.1, -0.05) is 19.9 Å². The molecule has 1 rings (SSSR count). The van der Waals surface area contributed by atoms with Gasteiger partial charge in [0.1, 0.15) is 6.33 Å². The minimum Gasteiger partial charge on any atom is -0.316 e. The van der Waals surface area contributed by atoms with Gasteiger partial charge in [0.25, 0.3) is 0 Å². The SMILES string of the molecule is CC(C)CNCC/C=C/c1ncnn1C(C)C. The summed E-state index contributed by atoms with van der Waals surface area (Å²) in [5, 5.41) is 7.60. The van der Waals surface area contributed by atoms with Gasteiger partial charge in [-0.15, -0.1) is 0 Å². The molecule has 17 heavy (non-hydrogen) atoms. The quantitative estimate of drug-likeness (QED) is 0.740. The third kappa shape index (κ3) is 5.13. The Morgan fingerprint density at radius 2 is 2.12 bits per heavy atom. The van der Waals surface area contributed by atoms with E-state index in [9.17, 15) is 0 Å². The van der Waals surface area contributed by atoms with Crippen molar-refractivity contribution < 1.29 is 0 Å². The molecule has 1 aromatic rings. The third-order valence-electron chi connectivity index (χ3n) is 2.40. The molecule has 0 aliphatic carbocycles. The number of nitrogens with zero attached hydrogens (tertiary/aromatic N) is 3. The molecule has 0 aromatic carbocycles. The van der Waals surface area contributed by atoms with Gasteiger partial charge in [-0.2, -0.15) is 5.10 Å². The highest BCUT2D eigenvalue weighted by molar-refractivity contribution is 5.39. The molecule has 0 fully saturated rings. The van der Waals surface area contributed by atoms with E-state index in [0.717, 1.165) is 25.3 Å². The molecular weight excluding hydrogens is 212 g/mol. The first kappa shape index (κ1) is 13.9. The van der Waals surface area contributed by atoms with E-state index in [1.165, 1.54) is 0 Å². The van der Waals surface area contributed by atoms with Crippen molar-refractivity contribution in [2.45, 2.75) is 40.2 Å². The van der Waals surface area contributed by atoms with E-state index < -0.39 is 0 Å². The zero-order chi connectivity index (χ0) is 12.7. The molecular formula is C13H24N4. The minimum atomic E-state index is 0.358. The van der Waals surface area contributed by atoms with Gasteiger partial charge in [0.15, 0.2) is 5.82 Å². The van der Waals surface area contributed by atoms with Crippen LogP contribution in [-0.4, -0.2) is 27.9 Å². The summed E-state index contributed by atoms with van der Waals surface area (Å²) in [5.74, 6) is 1.65. The van der Waals surface area contributed by atoms with Crippen LogP contribution in [0, 0.1) is 5.92 Å². The molecule has 0 aliphatic heterocycles. The van der Waals surface area contributed by atoms with Gasteiger partial charge in [-0.05, 0) is 45.4 Å². The molecule has 0 unspecified atom stereocenters. The zero-order valence-electron chi connectivity index (χ0n) is 11.3. The van der Waals surface area contributed by atoms with Crippen LogP contribution in [0.25, 0.3) is 6.08 Å². The van der Waals surface area contributed by atoms with Crippen molar-refractivity contribution in [1.82, 2.24) is 20.1 Å². The Morgan fingerprint density at radius 1 is 1.35 bits per heavy atom. The lowest BCUT2D eigenvalue weighted by Gasteiger charge is -2.06. The van der Waals surface area contributed by atoms with E-state index >= 15 is 0 Å². The topological polar surface area (TPSA) is 42.7 Å². The Labute approximate surface area is 104 Å². The summed E-state index contributed by atoms with van der Waals surface area (Å²) < 4.78 is 1.93. The van der Waals surface area contributed by atoms with Gasteiger partial charge in [-0.3, -0.25) is 0 Å². The first-order valence-corrected chi connectivity index (χ1v) is 6.38. The number of aromatic nitrogens is 3. The molecule has 0 radical (unpaired) electrons. The van der Waals surface area contributed by atoms with Gasteiger partial charge < -0.3 is 5.32 Å². The summed E-state index contributed by atoms with van der Waals surface area (Å²) in [6, 6.07) is 0.358. The third-order valence-corrected chi connectivity index (χ3v) is 2.40. The van der Waals surface area contributed by atoms with Gasteiger partial charge in [0.2, 0.25) is 0 Å². The van der Waals surface area contributed by atoms with Crippen molar-refractivity contribution in [2.24, 2.45) is 5.92 Å². The highest BCUT2D eigenvalue weighted by Crippen LogP contribution is 2.06. The lowest BCUT2D eigenvalue weighted by Crippen LogP contribution is -2.20. The van der Waals surface area contributed by atoms with Crippen LogP contribution in [0.3, 0.4) is 0 Å². The van der Waals surface area contributed by atoms with E-state index in [-0.39, 0.29) is 0 Å². The molecule has 0 bridgehead atoms. The van der Waals surface area contributed by atoms with E-state index in [4.69, 9.17) is 0 Å². The molecule has 0 saturated heterocycles. The molecule has 0 spiro atoms. The summed E-state index contributed by atoms with van der Waals surface area (Å²) in [6.07, 6.45) is 6.83. The largest absolute Gasteiger partial charge is 0.316 e. The first-order valence-electron chi connectivity index (χ1n) is 6.38. The van der Waals surface area contributed by atoms with Crippen LogP contribution in [0.1, 0.15) is 46.0 Å².